The summed E-state index contributed by atoms with van der Waals surface area (Å²) in [5.74, 6) is 10.3. The van der Waals surface area contributed by atoms with E-state index < -0.39 is 0 Å². The lowest BCUT2D eigenvalue weighted by Gasteiger charge is -2.26. The molecule has 0 bridgehead atoms. The summed E-state index contributed by atoms with van der Waals surface area (Å²) in [7, 11) is 0. The molecule has 4 fully saturated rings. The average Bonchev–Trinajstić information content (AvgIpc) is 4.19. The van der Waals surface area contributed by atoms with Gasteiger partial charge >= 0.3 is 0 Å². The van der Waals surface area contributed by atoms with E-state index in [9.17, 15) is 14.4 Å². The first-order valence-corrected chi connectivity index (χ1v) is 27.6. The number of carbonyl (C=O) groups excluding carboxylic acids is 3. The van der Waals surface area contributed by atoms with Crippen LogP contribution in [0.1, 0.15) is 108 Å². The summed E-state index contributed by atoms with van der Waals surface area (Å²) in [5.41, 5.74) is 1.90. The molecule has 8 heterocycles. The monoisotopic (exact) mass is 995 g/mol. The van der Waals surface area contributed by atoms with Crippen LogP contribution in [0.2, 0.25) is 0 Å². The third-order valence-electron chi connectivity index (χ3n) is 14.0. The number of thioether (sulfide) groups is 3. The molecule has 3 amide bonds. The van der Waals surface area contributed by atoms with Crippen LogP contribution in [0.15, 0.2) is 77.2 Å². The summed E-state index contributed by atoms with van der Waals surface area (Å²) in [6.07, 6.45) is 22.9. The van der Waals surface area contributed by atoms with Gasteiger partial charge in [-0.05, 0) is 45.4 Å². The number of aromatic nitrogens is 11. The molecule has 0 aromatic carbocycles. The van der Waals surface area contributed by atoms with Gasteiger partial charge in [-0.15, -0.1) is 37.2 Å². The summed E-state index contributed by atoms with van der Waals surface area (Å²) >= 11 is 4.24. The van der Waals surface area contributed by atoms with Crippen LogP contribution < -0.4 is 15.0 Å². The number of nitrogens with two attached hydrogens (primary N) is 1. The zero-order valence-electron chi connectivity index (χ0n) is 39.7. The number of amides is 3. The molecule has 5 aromatic rings. The number of hydrogen-bond donors (Lipinski definition) is 1. The Bertz CT molecular complexity index is 2550. The second kappa shape index (κ2) is 23.1. The number of pyridine rings is 2. The maximum Gasteiger partial charge on any atom is 0.233 e. The number of nitrogens with zero attached hydrogens (tertiary/aromatic N) is 14. The molecule has 366 valence electrons. The van der Waals surface area contributed by atoms with Crippen LogP contribution in [-0.2, 0) is 27.5 Å². The molecule has 0 spiro atoms. The van der Waals surface area contributed by atoms with Gasteiger partial charge in [-0.3, -0.25) is 19.0 Å². The maximum absolute atomic E-state index is 13.7. The highest BCUT2D eigenvalue weighted by Gasteiger charge is 2.33. The van der Waals surface area contributed by atoms with Gasteiger partial charge in [-0.1, -0.05) is 60.6 Å². The van der Waals surface area contributed by atoms with Gasteiger partial charge in [0.1, 0.15) is 0 Å². The summed E-state index contributed by atoms with van der Waals surface area (Å²) in [4.78, 5) is 45.6. The van der Waals surface area contributed by atoms with Crippen molar-refractivity contribution < 1.29 is 23.5 Å². The van der Waals surface area contributed by atoms with Crippen LogP contribution in [-0.4, -0.2) is 133 Å². The van der Waals surface area contributed by atoms with Gasteiger partial charge in [0.05, 0.1) is 23.8 Å². The molecule has 1 saturated carbocycles. The van der Waals surface area contributed by atoms with Crippen molar-refractivity contribution in [3.05, 3.63) is 67.5 Å². The minimum absolute atomic E-state index is 0.0782. The zero-order valence-corrected chi connectivity index (χ0v) is 42.1. The van der Waals surface area contributed by atoms with Crippen LogP contribution >= 0.6 is 35.3 Å². The van der Waals surface area contributed by atoms with Crippen LogP contribution in [0.4, 0.5) is 0 Å². The highest BCUT2D eigenvalue weighted by Crippen LogP contribution is 2.33. The first-order valence-electron chi connectivity index (χ1n) is 24.7. The van der Waals surface area contributed by atoms with E-state index >= 15 is 0 Å². The van der Waals surface area contributed by atoms with E-state index in [4.69, 9.17) is 5.84 Å². The van der Waals surface area contributed by atoms with Gasteiger partial charge in [0.2, 0.25) is 22.9 Å². The highest BCUT2D eigenvalue weighted by atomic mass is 32.2. The number of piperidine rings is 1. The Labute approximate surface area is 416 Å². The van der Waals surface area contributed by atoms with Crippen LogP contribution in [0.25, 0.3) is 22.8 Å². The predicted molar refractivity (Wildman–Crippen MR) is 265 cm³/mol. The van der Waals surface area contributed by atoms with Crippen molar-refractivity contribution in [2.24, 2.45) is 0 Å². The Hall–Kier alpha value is -5.28. The van der Waals surface area contributed by atoms with E-state index in [-0.39, 0.29) is 35.6 Å². The molecule has 0 radical (unpaired) electrons. The SMILES string of the molecule is C=CCn1c(SCC(=O)N2CCCCC2)nnc1-c1cc[n+](C2CCCN(C(=O)CSc3nnc(-c4cc[n+](C5CCN(C(=O)CSc6nnc(C7CCCCC7)n6N)C5)cc4)n3CC)CC2)cc1. The summed E-state index contributed by atoms with van der Waals surface area (Å²) in [6, 6.07) is 8.70. The van der Waals surface area contributed by atoms with Gasteiger partial charge in [0.25, 0.3) is 0 Å². The second-order valence-electron chi connectivity index (χ2n) is 18.4. The quantitative estimate of drug-likeness (QED) is 0.0544. The standard InChI is InChI=1S/C48H65N15O3S3/c1-3-21-62-44(51-54-47(62)68-32-40(64)58-22-9-6-10-23-58)37-15-25-56(26-16-37)38-14-11-24-59(29-19-38)41(65)33-67-46-53-50-43(61(46)4-2)36-17-27-57(28-18-36)39-20-30-60(31-39)42(66)34-69-48-55-52-45(63(48)49)35-12-7-5-8-13-35/h3,15-18,25-28,35,38-39H,1,4-14,19-24,29-34,49H2,2H3/q+2. The number of likely N-dealkylation sites (tertiary alicyclic amines) is 3. The Kier molecular flexibility index (Phi) is 16.3. The summed E-state index contributed by atoms with van der Waals surface area (Å²) in [6.45, 7) is 11.7. The molecule has 2 unspecified atom stereocenters. The number of rotatable bonds is 17. The van der Waals surface area contributed by atoms with Gasteiger partial charge in [-0.2, -0.15) is 0 Å². The van der Waals surface area contributed by atoms with Crippen molar-refractivity contribution in [2.75, 3.05) is 62.4 Å². The molecule has 3 aliphatic heterocycles. The molecule has 5 aromatic heterocycles. The van der Waals surface area contributed by atoms with Crippen molar-refractivity contribution in [3.8, 4) is 22.8 Å². The van der Waals surface area contributed by atoms with Crippen molar-refractivity contribution in [1.29, 1.82) is 0 Å². The van der Waals surface area contributed by atoms with E-state index in [1.807, 2.05) is 25.3 Å². The first kappa shape index (κ1) is 48.7. The van der Waals surface area contributed by atoms with Crippen molar-refractivity contribution >= 4 is 53.0 Å². The molecular formula is C48H65N15O3S3+2. The largest absolute Gasteiger partial charge is 0.342 e. The molecule has 2 N–H and O–H groups in total. The lowest BCUT2D eigenvalue weighted by Crippen LogP contribution is -2.41. The van der Waals surface area contributed by atoms with Crippen molar-refractivity contribution in [3.63, 3.8) is 0 Å². The molecular weight excluding hydrogens is 931 g/mol. The fourth-order valence-corrected chi connectivity index (χ4v) is 12.6. The van der Waals surface area contributed by atoms with Gasteiger partial charge < -0.3 is 25.1 Å². The van der Waals surface area contributed by atoms with Crippen LogP contribution in [0, 0.1) is 0 Å². The lowest BCUT2D eigenvalue weighted by molar-refractivity contribution is -0.724. The predicted octanol–water partition coefficient (Wildman–Crippen LogP) is 5.35. The average molecular weight is 996 g/mol. The molecule has 69 heavy (non-hydrogen) atoms. The molecule has 2 atom stereocenters. The topological polar surface area (TPSA) is 187 Å². The molecule has 21 heteroatoms. The highest BCUT2D eigenvalue weighted by molar-refractivity contribution is 8.00. The fraction of sp³-hybridized carbons (Fsp3) is 0.562. The third kappa shape index (κ3) is 11.5. The fourth-order valence-electron chi connectivity index (χ4n) is 10.1. The Morgan fingerprint density at radius 2 is 1.12 bits per heavy atom. The Balaban J connectivity index is 0.737. The van der Waals surface area contributed by atoms with Gasteiger partial charge in [0, 0.05) is 106 Å². The molecule has 3 saturated heterocycles. The first-order chi connectivity index (χ1) is 33.8. The smallest absolute Gasteiger partial charge is 0.233 e. The van der Waals surface area contributed by atoms with Crippen molar-refractivity contribution in [1.82, 2.24) is 59.1 Å². The summed E-state index contributed by atoms with van der Waals surface area (Å²) in [5, 5.41) is 28.8. The minimum Gasteiger partial charge on any atom is -0.342 e. The van der Waals surface area contributed by atoms with E-state index in [1.54, 1.807) is 4.68 Å². The Morgan fingerprint density at radius 3 is 1.75 bits per heavy atom. The second-order valence-corrected chi connectivity index (χ2v) is 21.3. The Morgan fingerprint density at radius 1 is 0.609 bits per heavy atom. The van der Waals surface area contributed by atoms with Crippen LogP contribution in [0.3, 0.4) is 0 Å². The third-order valence-corrected chi connectivity index (χ3v) is 16.9. The normalized spacial score (nSPS) is 19.2. The number of carbonyl (C=O) groups is 3. The van der Waals surface area contributed by atoms with E-state index in [1.165, 1.54) is 61.0 Å². The van der Waals surface area contributed by atoms with Crippen molar-refractivity contribution in [2.45, 2.75) is 131 Å². The number of allylic oxidation sites excluding steroid dienone is 1. The molecule has 9 rings (SSSR count). The zero-order chi connectivity index (χ0) is 47.7. The molecule has 4 aliphatic rings. The number of hydrogen-bond acceptors (Lipinski definition) is 13. The summed E-state index contributed by atoms with van der Waals surface area (Å²) < 4.78 is 10.1. The lowest BCUT2D eigenvalue weighted by atomic mass is 9.89. The van der Waals surface area contributed by atoms with Gasteiger partial charge in [0.15, 0.2) is 64.7 Å². The van der Waals surface area contributed by atoms with Gasteiger partial charge in [-0.25, -0.2) is 13.8 Å². The van der Waals surface area contributed by atoms with E-state index in [0.717, 1.165) is 105 Å². The van der Waals surface area contributed by atoms with E-state index in [0.29, 0.717) is 60.5 Å². The molecule has 1 aliphatic carbocycles. The number of nitrogen functional groups attached to an aromatic ring is 1. The maximum atomic E-state index is 13.7. The molecule has 18 nitrogen and oxygen atoms in total. The minimum atomic E-state index is 0.0782. The van der Waals surface area contributed by atoms with E-state index in [2.05, 4.69) is 107 Å². The van der Waals surface area contributed by atoms with Crippen LogP contribution in [0.5, 0.6) is 0 Å².